The van der Waals surface area contributed by atoms with E-state index in [1.165, 1.54) is 4.90 Å². The zero-order valence-electron chi connectivity index (χ0n) is 24.5. The molecule has 41 heavy (non-hydrogen) atoms. The van der Waals surface area contributed by atoms with Crippen molar-refractivity contribution in [3.8, 4) is 5.75 Å². The van der Waals surface area contributed by atoms with Gasteiger partial charge in [-0.15, -0.1) is 0 Å². The Balaban J connectivity index is 1.56. The van der Waals surface area contributed by atoms with Crippen molar-refractivity contribution in [3.63, 3.8) is 0 Å². The number of benzene rings is 1. The van der Waals surface area contributed by atoms with Gasteiger partial charge in [0.25, 0.3) is 0 Å². The molecule has 5 aliphatic rings. The van der Waals surface area contributed by atoms with Crippen LogP contribution in [0.2, 0.25) is 0 Å². The minimum atomic E-state index is -0.479. The highest BCUT2D eigenvalue weighted by molar-refractivity contribution is 5.99. The smallest absolute Gasteiger partial charge is 0.247 e. The summed E-state index contributed by atoms with van der Waals surface area (Å²) < 4.78 is 17.7. The van der Waals surface area contributed by atoms with Crippen LogP contribution in [-0.4, -0.2) is 67.2 Å². The number of nitrogens with zero attached hydrogens (tertiary/aromatic N) is 2. The fourth-order valence-corrected chi connectivity index (χ4v) is 6.07. The van der Waals surface area contributed by atoms with E-state index in [2.05, 4.69) is 30.2 Å². The van der Waals surface area contributed by atoms with Gasteiger partial charge in [0.2, 0.25) is 11.8 Å². The van der Waals surface area contributed by atoms with Crippen molar-refractivity contribution in [2.75, 3.05) is 26.9 Å². The van der Waals surface area contributed by atoms with Crippen LogP contribution in [0.4, 0.5) is 0 Å². The average Bonchev–Trinajstić information content (AvgIpc) is 2.91. The molecule has 10 heteroatoms. The summed E-state index contributed by atoms with van der Waals surface area (Å²) in [5, 5.41) is 6.74. The first-order valence-electron chi connectivity index (χ1n) is 14.2. The molecular weight excluding hydrogens is 522 g/mol. The van der Waals surface area contributed by atoms with E-state index in [0.717, 1.165) is 16.9 Å². The number of nitrogens with one attached hydrogen (secondary N) is 2. The van der Waals surface area contributed by atoms with E-state index in [4.69, 9.17) is 24.9 Å². The summed E-state index contributed by atoms with van der Waals surface area (Å²) in [6, 6.07) is 5.05. The van der Waals surface area contributed by atoms with Gasteiger partial charge in [-0.2, -0.15) is 0 Å². The minimum Gasteiger partial charge on any atom is -0.493 e. The van der Waals surface area contributed by atoms with Crippen LogP contribution in [0, 0.1) is 5.92 Å². The van der Waals surface area contributed by atoms with Gasteiger partial charge in [-0.1, -0.05) is 18.7 Å². The van der Waals surface area contributed by atoms with Crippen LogP contribution < -0.4 is 21.1 Å². The van der Waals surface area contributed by atoms with Gasteiger partial charge in [-0.05, 0) is 51.5 Å². The van der Waals surface area contributed by atoms with Gasteiger partial charge in [0.05, 0.1) is 37.8 Å². The van der Waals surface area contributed by atoms with E-state index < -0.39 is 11.6 Å². The maximum absolute atomic E-state index is 13.5. The monoisotopic (exact) mass is 563 g/mol. The van der Waals surface area contributed by atoms with Gasteiger partial charge in [-0.3, -0.25) is 14.5 Å². The molecule has 10 nitrogen and oxygen atoms in total. The Hall–Kier alpha value is -3.63. The topological polar surface area (TPSA) is 128 Å². The second kappa shape index (κ2) is 11.3. The molecule has 5 heterocycles. The summed E-state index contributed by atoms with van der Waals surface area (Å²) in [6.45, 7) is 13.3. The molecule has 5 aliphatic heterocycles. The third-order valence-corrected chi connectivity index (χ3v) is 8.27. The number of hydrogen-bond donors (Lipinski definition) is 3. The summed E-state index contributed by atoms with van der Waals surface area (Å²) in [4.78, 5) is 33.1. The number of ether oxygens (including phenoxy) is 3. The second-order valence-corrected chi connectivity index (χ2v) is 12.0. The van der Waals surface area contributed by atoms with Crippen molar-refractivity contribution in [3.05, 3.63) is 65.0 Å². The van der Waals surface area contributed by atoms with Crippen molar-refractivity contribution in [2.24, 2.45) is 16.6 Å². The van der Waals surface area contributed by atoms with Gasteiger partial charge in [0.15, 0.2) is 5.96 Å². The van der Waals surface area contributed by atoms with Crippen molar-refractivity contribution in [1.29, 1.82) is 0 Å². The lowest BCUT2D eigenvalue weighted by Crippen LogP contribution is -2.58. The largest absolute Gasteiger partial charge is 0.493 e. The van der Waals surface area contributed by atoms with Crippen molar-refractivity contribution in [1.82, 2.24) is 15.5 Å². The van der Waals surface area contributed by atoms with Crippen LogP contribution in [0.1, 0.15) is 63.7 Å². The van der Waals surface area contributed by atoms with Crippen LogP contribution in [-0.2, 0) is 19.1 Å². The predicted molar refractivity (Wildman–Crippen MR) is 156 cm³/mol. The maximum Gasteiger partial charge on any atom is 0.247 e. The lowest BCUT2D eigenvalue weighted by atomic mass is 9.88. The SMILES string of the molecule is C=C1/C2=C\C=C(/C)C(=O)NC3CC(C)(C)Oc4ccc(cc43)C(C)NCC3CC(=O)N(C(N)=N3)C1C(COC)CO2. The maximum atomic E-state index is 13.5. The number of allylic oxidation sites excluding steroid dienone is 2. The third-order valence-electron chi connectivity index (χ3n) is 8.27. The number of hydrogen-bond acceptors (Lipinski definition) is 8. The lowest BCUT2D eigenvalue weighted by Gasteiger charge is -2.43. The van der Waals surface area contributed by atoms with Crippen LogP contribution in [0.3, 0.4) is 0 Å². The molecule has 220 valence electrons. The van der Waals surface area contributed by atoms with Crippen LogP contribution >= 0.6 is 0 Å². The molecule has 1 fully saturated rings. The Kier molecular flexibility index (Phi) is 7.98. The third kappa shape index (κ3) is 5.90. The number of rotatable bonds is 2. The normalized spacial score (nSPS) is 32.5. The van der Waals surface area contributed by atoms with Gasteiger partial charge in [-0.25, -0.2) is 4.99 Å². The highest BCUT2D eigenvalue weighted by atomic mass is 16.5. The van der Waals surface area contributed by atoms with Crippen LogP contribution in [0.5, 0.6) is 5.75 Å². The van der Waals surface area contributed by atoms with E-state index >= 15 is 0 Å². The van der Waals surface area contributed by atoms with Crippen molar-refractivity contribution >= 4 is 17.8 Å². The number of guanidine groups is 1. The quantitative estimate of drug-likeness (QED) is 0.505. The molecule has 0 spiro atoms. The highest BCUT2D eigenvalue weighted by Gasteiger charge is 2.42. The van der Waals surface area contributed by atoms with Crippen LogP contribution in [0.15, 0.2) is 58.8 Å². The average molecular weight is 564 g/mol. The fraction of sp³-hybridized carbons (Fsp3) is 0.516. The molecule has 5 atom stereocenters. The zero-order valence-corrected chi connectivity index (χ0v) is 24.5. The molecule has 1 aromatic rings. The summed E-state index contributed by atoms with van der Waals surface area (Å²) in [7, 11) is 1.61. The molecule has 0 aromatic heterocycles. The highest BCUT2D eigenvalue weighted by Crippen LogP contribution is 2.41. The van der Waals surface area contributed by atoms with E-state index in [9.17, 15) is 9.59 Å². The first-order chi connectivity index (χ1) is 19.5. The molecule has 0 aliphatic carbocycles. The molecule has 0 radical (unpaired) electrons. The number of amides is 2. The van der Waals surface area contributed by atoms with E-state index in [1.807, 2.05) is 26.0 Å². The molecule has 1 saturated heterocycles. The van der Waals surface area contributed by atoms with Gasteiger partial charge in [0.1, 0.15) is 17.1 Å². The molecule has 1 aromatic carbocycles. The first-order valence-corrected chi connectivity index (χ1v) is 14.2. The second-order valence-electron chi connectivity index (χ2n) is 12.0. The Morgan fingerprint density at radius 2 is 2.05 bits per heavy atom. The molecule has 6 bridgehead atoms. The molecule has 0 saturated carbocycles. The van der Waals surface area contributed by atoms with E-state index in [-0.39, 0.29) is 48.2 Å². The summed E-state index contributed by atoms with van der Waals surface area (Å²) in [6.07, 6.45) is 4.30. The minimum absolute atomic E-state index is 0.0343. The predicted octanol–water partition coefficient (Wildman–Crippen LogP) is 3.03. The number of fused-ring (bicyclic) bond motifs is 6. The molecular formula is C31H41N5O5. The summed E-state index contributed by atoms with van der Waals surface area (Å²) in [5.74, 6) is 0.926. The molecule has 6 rings (SSSR count). The number of carbonyl (C=O) groups is 2. The Labute approximate surface area is 241 Å². The molecule has 5 unspecified atom stereocenters. The Bertz CT molecular complexity index is 1330. The van der Waals surface area contributed by atoms with Gasteiger partial charge in [0, 0.05) is 48.7 Å². The van der Waals surface area contributed by atoms with E-state index in [0.29, 0.717) is 43.1 Å². The van der Waals surface area contributed by atoms with Gasteiger partial charge >= 0.3 is 0 Å². The van der Waals surface area contributed by atoms with Crippen molar-refractivity contribution < 1.29 is 23.8 Å². The molecule has 2 amide bonds. The lowest BCUT2D eigenvalue weighted by molar-refractivity contribution is -0.131. The van der Waals surface area contributed by atoms with Crippen LogP contribution in [0.25, 0.3) is 0 Å². The van der Waals surface area contributed by atoms with Crippen molar-refractivity contribution in [2.45, 2.75) is 70.3 Å². The Morgan fingerprint density at radius 3 is 2.78 bits per heavy atom. The summed E-state index contributed by atoms with van der Waals surface area (Å²) >= 11 is 0. The van der Waals surface area contributed by atoms with E-state index in [1.54, 1.807) is 26.2 Å². The zero-order chi connectivity index (χ0) is 29.5. The number of nitrogens with two attached hydrogens (primary N) is 1. The Morgan fingerprint density at radius 1 is 1.27 bits per heavy atom. The molecule has 4 N–H and O–H groups in total. The number of methoxy groups -OCH3 is 1. The number of carbonyl (C=O) groups excluding carboxylic acids is 2. The summed E-state index contributed by atoms with van der Waals surface area (Å²) in [5.41, 5.74) is 9.09. The van der Waals surface area contributed by atoms with Gasteiger partial charge < -0.3 is 30.6 Å². The standard InChI is InChI=1S/C31H41N5O5/c1-17-7-9-25-18(2)28(21(15-39-6)16-40-25)36-27(37)12-22(34-30(36)32)14-33-19(3)20-8-10-26-23(11-20)24(35-29(17)38)13-31(4,5)41-26/h7-11,19,21-22,24,28,33H,2,12-16H2,1,3-6H3,(H2,32,34)(H,35,38)/b17-7+,25-9+. The fourth-order valence-electron chi connectivity index (χ4n) is 6.07. The number of aliphatic imine (C=N–C) groups is 1. The first kappa shape index (κ1) is 28.9.